The van der Waals surface area contributed by atoms with E-state index in [4.69, 9.17) is 11.6 Å². The number of urea groups is 1. The molecule has 2 N–H and O–H groups in total. The molecule has 0 heterocycles. The molecule has 1 saturated carbocycles. The Kier molecular flexibility index (Phi) is 5.63. The highest BCUT2D eigenvalue weighted by Gasteiger charge is 2.32. The summed E-state index contributed by atoms with van der Waals surface area (Å²) in [6.45, 7) is 0. The second kappa shape index (κ2) is 8.09. The van der Waals surface area contributed by atoms with Gasteiger partial charge in [-0.05, 0) is 37.1 Å². The molecule has 0 bridgehead atoms. The summed E-state index contributed by atoms with van der Waals surface area (Å²) in [4.78, 5) is 12.5. The van der Waals surface area contributed by atoms with Crippen LogP contribution < -0.4 is 10.6 Å². The minimum absolute atomic E-state index is 0.266. The van der Waals surface area contributed by atoms with E-state index >= 15 is 0 Å². The van der Waals surface area contributed by atoms with Gasteiger partial charge in [0, 0.05) is 5.56 Å². The lowest BCUT2D eigenvalue weighted by atomic mass is 9.82. The number of carbonyl (C=O) groups is 1. The van der Waals surface area contributed by atoms with Crippen molar-refractivity contribution in [2.45, 2.75) is 37.6 Å². The summed E-state index contributed by atoms with van der Waals surface area (Å²) in [7, 11) is 0. The number of anilines is 1. The molecule has 3 rings (SSSR count). The topological polar surface area (TPSA) is 41.1 Å². The normalized spacial score (nSPS) is 15.6. The van der Waals surface area contributed by atoms with E-state index < -0.39 is 5.54 Å². The average Bonchev–Trinajstić information content (AvgIpc) is 2.64. The van der Waals surface area contributed by atoms with E-state index in [0.717, 1.165) is 31.2 Å². The van der Waals surface area contributed by atoms with Gasteiger partial charge in [-0.25, -0.2) is 4.79 Å². The largest absolute Gasteiger partial charge is 0.322 e. The van der Waals surface area contributed by atoms with Gasteiger partial charge >= 0.3 is 6.03 Å². The Hall–Kier alpha value is -2.44. The molecule has 0 radical (unpaired) electrons. The minimum atomic E-state index is -0.487. The number of benzene rings is 2. The van der Waals surface area contributed by atoms with Crippen LogP contribution in [-0.4, -0.2) is 11.6 Å². The van der Waals surface area contributed by atoms with E-state index in [1.165, 1.54) is 6.42 Å². The second-order valence-corrected chi connectivity index (χ2v) is 6.72. The standard InChI is InChI=1S/C21H21ClN2O/c22-18-11-5-6-12-19(18)23-20(25)24-21(14-7-2-8-15-21)16-13-17-9-3-1-4-10-17/h1,3-6,9-12H,2,7-8,14-15H2,(H2,23,24,25). The highest BCUT2D eigenvalue weighted by atomic mass is 35.5. The number of amides is 2. The van der Waals surface area contributed by atoms with Gasteiger partial charge in [0.1, 0.15) is 5.54 Å². The molecule has 128 valence electrons. The predicted molar refractivity (Wildman–Crippen MR) is 103 cm³/mol. The Morgan fingerprint density at radius 2 is 1.64 bits per heavy atom. The molecular formula is C21H21ClN2O. The summed E-state index contributed by atoms with van der Waals surface area (Å²) in [5, 5.41) is 6.45. The summed E-state index contributed by atoms with van der Waals surface area (Å²) in [5.41, 5.74) is 1.07. The summed E-state index contributed by atoms with van der Waals surface area (Å²) in [5.74, 6) is 6.55. The number of para-hydroxylation sites is 1. The first-order chi connectivity index (χ1) is 12.2. The molecule has 2 amide bonds. The van der Waals surface area contributed by atoms with Gasteiger partial charge in [-0.15, -0.1) is 0 Å². The zero-order valence-electron chi connectivity index (χ0n) is 14.0. The third-order valence-corrected chi connectivity index (χ3v) is 4.73. The lowest BCUT2D eigenvalue weighted by molar-refractivity contribution is 0.234. The lowest BCUT2D eigenvalue weighted by Crippen LogP contribution is -2.50. The Labute approximate surface area is 153 Å². The number of hydrogen-bond acceptors (Lipinski definition) is 1. The predicted octanol–water partition coefficient (Wildman–Crippen LogP) is 5.22. The molecule has 0 unspecified atom stereocenters. The zero-order valence-corrected chi connectivity index (χ0v) is 14.8. The van der Waals surface area contributed by atoms with Crippen LogP contribution in [0.4, 0.5) is 10.5 Å². The first kappa shape index (κ1) is 17.4. The van der Waals surface area contributed by atoms with Crippen LogP contribution in [0.3, 0.4) is 0 Å². The second-order valence-electron chi connectivity index (χ2n) is 6.32. The first-order valence-corrected chi connectivity index (χ1v) is 8.97. The molecular weight excluding hydrogens is 332 g/mol. The van der Waals surface area contributed by atoms with Crippen LogP contribution in [0.25, 0.3) is 0 Å². The van der Waals surface area contributed by atoms with E-state index in [0.29, 0.717) is 10.7 Å². The van der Waals surface area contributed by atoms with E-state index in [1.54, 1.807) is 12.1 Å². The average molecular weight is 353 g/mol. The highest BCUT2D eigenvalue weighted by molar-refractivity contribution is 6.33. The van der Waals surface area contributed by atoms with Crippen LogP contribution in [0.15, 0.2) is 54.6 Å². The summed E-state index contributed by atoms with van der Waals surface area (Å²) >= 11 is 6.12. The van der Waals surface area contributed by atoms with Gasteiger partial charge in [0.25, 0.3) is 0 Å². The molecule has 0 aliphatic heterocycles. The van der Waals surface area contributed by atoms with Crippen molar-refractivity contribution in [3.8, 4) is 11.8 Å². The lowest BCUT2D eigenvalue weighted by Gasteiger charge is -2.33. The van der Waals surface area contributed by atoms with Gasteiger partial charge in [0.15, 0.2) is 0 Å². The van der Waals surface area contributed by atoms with Gasteiger partial charge in [0.05, 0.1) is 10.7 Å². The van der Waals surface area contributed by atoms with Crippen molar-refractivity contribution in [3.63, 3.8) is 0 Å². The fourth-order valence-corrected chi connectivity index (χ4v) is 3.27. The number of rotatable bonds is 2. The Balaban J connectivity index is 1.76. The molecule has 1 aliphatic rings. The summed E-state index contributed by atoms with van der Waals surface area (Å²) in [6, 6.07) is 16.8. The summed E-state index contributed by atoms with van der Waals surface area (Å²) < 4.78 is 0. The van der Waals surface area contributed by atoms with Gasteiger partial charge in [0.2, 0.25) is 0 Å². The van der Waals surface area contributed by atoms with Gasteiger partial charge in [-0.2, -0.15) is 0 Å². The Morgan fingerprint density at radius 3 is 2.36 bits per heavy atom. The van der Waals surface area contributed by atoms with Crippen LogP contribution >= 0.6 is 11.6 Å². The van der Waals surface area contributed by atoms with Crippen LogP contribution in [0.1, 0.15) is 37.7 Å². The maximum atomic E-state index is 12.5. The van der Waals surface area contributed by atoms with Crippen molar-refractivity contribution in [1.82, 2.24) is 5.32 Å². The molecule has 0 saturated heterocycles. The molecule has 25 heavy (non-hydrogen) atoms. The van der Waals surface area contributed by atoms with E-state index in [-0.39, 0.29) is 6.03 Å². The maximum Gasteiger partial charge on any atom is 0.320 e. The van der Waals surface area contributed by atoms with Crippen molar-refractivity contribution in [2.75, 3.05) is 5.32 Å². The number of hydrogen-bond donors (Lipinski definition) is 2. The zero-order chi connectivity index (χ0) is 17.5. The fraction of sp³-hybridized carbons (Fsp3) is 0.286. The Morgan fingerprint density at radius 1 is 0.960 bits per heavy atom. The van der Waals surface area contributed by atoms with Crippen LogP contribution in [0.5, 0.6) is 0 Å². The number of halogens is 1. The van der Waals surface area contributed by atoms with Crippen molar-refractivity contribution in [2.24, 2.45) is 0 Å². The first-order valence-electron chi connectivity index (χ1n) is 8.59. The number of nitrogens with one attached hydrogen (secondary N) is 2. The monoisotopic (exact) mass is 352 g/mol. The third-order valence-electron chi connectivity index (χ3n) is 4.40. The molecule has 2 aromatic rings. The van der Waals surface area contributed by atoms with Gasteiger partial charge in [-0.3, -0.25) is 0 Å². The molecule has 2 aromatic carbocycles. The molecule has 3 nitrogen and oxygen atoms in total. The highest BCUT2D eigenvalue weighted by Crippen LogP contribution is 2.28. The molecule has 0 atom stereocenters. The fourth-order valence-electron chi connectivity index (χ4n) is 3.08. The molecule has 1 aliphatic carbocycles. The molecule has 0 spiro atoms. The SMILES string of the molecule is O=C(Nc1ccccc1Cl)NC1(C#Cc2ccccc2)CCCCC1. The van der Waals surface area contributed by atoms with Crippen molar-refractivity contribution in [1.29, 1.82) is 0 Å². The summed E-state index contributed by atoms with van der Waals surface area (Å²) in [6.07, 6.45) is 5.04. The van der Waals surface area contributed by atoms with Crippen molar-refractivity contribution >= 4 is 23.3 Å². The molecule has 4 heteroatoms. The maximum absolute atomic E-state index is 12.5. The van der Waals surface area contributed by atoms with E-state index in [9.17, 15) is 4.79 Å². The smallest absolute Gasteiger partial charge is 0.320 e. The van der Waals surface area contributed by atoms with Crippen LogP contribution in [0.2, 0.25) is 5.02 Å². The van der Waals surface area contributed by atoms with Gasteiger partial charge in [-0.1, -0.05) is 73.0 Å². The quantitative estimate of drug-likeness (QED) is 0.715. The van der Waals surface area contributed by atoms with E-state index in [2.05, 4.69) is 22.5 Å². The molecule has 0 aromatic heterocycles. The van der Waals surface area contributed by atoms with Crippen molar-refractivity contribution in [3.05, 3.63) is 65.2 Å². The van der Waals surface area contributed by atoms with Crippen LogP contribution in [0, 0.1) is 11.8 Å². The van der Waals surface area contributed by atoms with Gasteiger partial charge < -0.3 is 10.6 Å². The Bertz CT molecular complexity index is 786. The number of carbonyl (C=O) groups excluding carboxylic acids is 1. The third kappa shape index (κ3) is 4.78. The van der Waals surface area contributed by atoms with E-state index in [1.807, 2.05) is 42.5 Å². The molecule has 1 fully saturated rings. The van der Waals surface area contributed by atoms with Crippen LogP contribution in [-0.2, 0) is 0 Å². The minimum Gasteiger partial charge on any atom is -0.322 e. The van der Waals surface area contributed by atoms with Crippen molar-refractivity contribution < 1.29 is 4.79 Å².